The molecule has 33 heavy (non-hydrogen) atoms. The molecule has 0 N–H and O–H groups in total. The predicted molar refractivity (Wildman–Crippen MR) is 138 cm³/mol. The van der Waals surface area contributed by atoms with E-state index in [-0.39, 0.29) is 0 Å². The van der Waals surface area contributed by atoms with E-state index in [1.54, 1.807) is 0 Å². The van der Waals surface area contributed by atoms with Gasteiger partial charge in [-0.2, -0.15) is 0 Å². The molecule has 0 saturated carbocycles. The summed E-state index contributed by atoms with van der Waals surface area (Å²) >= 11 is 6.20. The fraction of sp³-hybridized carbons (Fsp3) is 0.0690. The number of hydrogen-bond donors (Lipinski definition) is 0. The first-order valence-electron chi connectivity index (χ1n) is 11.0. The molecule has 4 heteroatoms. The summed E-state index contributed by atoms with van der Waals surface area (Å²) in [4.78, 5) is 14.4. The largest absolute Gasteiger partial charge is 0.208 e. The molecule has 0 radical (unpaired) electrons. The molecule has 0 spiro atoms. The lowest BCUT2D eigenvalue weighted by molar-refractivity contribution is 1.07. The molecule has 5 aromatic rings. The molecular formula is C29H24ClN3. The molecule has 5 rings (SSSR count). The van der Waals surface area contributed by atoms with Crippen LogP contribution >= 0.6 is 11.6 Å². The van der Waals surface area contributed by atoms with E-state index in [0.29, 0.717) is 22.5 Å². The highest BCUT2D eigenvalue weighted by atomic mass is 35.5. The van der Waals surface area contributed by atoms with Crippen molar-refractivity contribution in [2.24, 2.45) is 0 Å². The van der Waals surface area contributed by atoms with Crippen LogP contribution in [0, 0.1) is 0 Å². The lowest BCUT2D eigenvalue weighted by atomic mass is 10.0. The zero-order valence-corrected chi connectivity index (χ0v) is 19.4. The van der Waals surface area contributed by atoms with Crippen molar-refractivity contribution in [2.45, 2.75) is 13.8 Å². The third kappa shape index (κ3) is 5.33. The highest BCUT2D eigenvalue weighted by molar-refractivity contribution is 6.30. The number of benzene rings is 4. The Morgan fingerprint density at radius 3 is 1.33 bits per heavy atom. The van der Waals surface area contributed by atoms with Gasteiger partial charge >= 0.3 is 0 Å². The van der Waals surface area contributed by atoms with E-state index >= 15 is 0 Å². The second-order valence-corrected chi connectivity index (χ2v) is 7.57. The van der Waals surface area contributed by atoms with E-state index in [0.717, 1.165) is 27.8 Å². The second-order valence-electron chi connectivity index (χ2n) is 7.13. The zero-order chi connectivity index (χ0) is 23.0. The monoisotopic (exact) mass is 449 g/mol. The van der Waals surface area contributed by atoms with Gasteiger partial charge in [0.05, 0.1) is 0 Å². The van der Waals surface area contributed by atoms with Gasteiger partial charge in [-0.05, 0) is 29.3 Å². The summed E-state index contributed by atoms with van der Waals surface area (Å²) in [7, 11) is 0. The Balaban J connectivity index is 0.00000126. The summed E-state index contributed by atoms with van der Waals surface area (Å²) in [5.41, 5.74) is 4.94. The molecule has 0 amide bonds. The summed E-state index contributed by atoms with van der Waals surface area (Å²) in [6.45, 7) is 4.00. The highest BCUT2D eigenvalue weighted by Gasteiger charge is 2.12. The van der Waals surface area contributed by atoms with E-state index in [1.165, 1.54) is 0 Å². The van der Waals surface area contributed by atoms with Crippen LogP contribution in [0.15, 0.2) is 109 Å². The molecule has 4 aromatic carbocycles. The minimum absolute atomic E-state index is 0.636. The van der Waals surface area contributed by atoms with Gasteiger partial charge in [-0.3, -0.25) is 0 Å². The van der Waals surface area contributed by atoms with E-state index in [2.05, 4.69) is 12.1 Å². The number of nitrogens with zero attached hydrogens (tertiary/aromatic N) is 3. The van der Waals surface area contributed by atoms with Gasteiger partial charge in [-0.1, -0.05) is 116 Å². The molecule has 0 bridgehead atoms. The van der Waals surface area contributed by atoms with Crippen LogP contribution in [0.1, 0.15) is 13.8 Å². The Morgan fingerprint density at radius 1 is 0.424 bits per heavy atom. The summed E-state index contributed by atoms with van der Waals surface area (Å²) < 4.78 is 0. The molecule has 0 aliphatic carbocycles. The van der Waals surface area contributed by atoms with Gasteiger partial charge in [0.1, 0.15) is 0 Å². The number of rotatable bonds is 4. The third-order valence-electron chi connectivity index (χ3n) is 4.98. The molecule has 0 saturated heterocycles. The van der Waals surface area contributed by atoms with Gasteiger partial charge in [0.15, 0.2) is 17.5 Å². The summed E-state index contributed by atoms with van der Waals surface area (Å²) in [6, 6.07) is 36.0. The van der Waals surface area contributed by atoms with Crippen LogP contribution in [-0.4, -0.2) is 15.0 Å². The van der Waals surface area contributed by atoms with Gasteiger partial charge in [0.2, 0.25) is 0 Å². The Morgan fingerprint density at radius 2 is 0.818 bits per heavy atom. The average Bonchev–Trinajstić information content (AvgIpc) is 2.91. The van der Waals surface area contributed by atoms with Crippen LogP contribution in [0.5, 0.6) is 0 Å². The van der Waals surface area contributed by atoms with Gasteiger partial charge in [0, 0.05) is 21.7 Å². The van der Waals surface area contributed by atoms with Crippen molar-refractivity contribution in [2.75, 3.05) is 0 Å². The Bertz CT molecular complexity index is 1280. The molecule has 0 aliphatic rings. The highest BCUT2D eigenvalue weighted by Crippen LogP contribution is 2.29. The Hall–Kier alpha value is -3.82. The fourth-order valence-corrected chi connectivity index (χ4v) is 3.63. The van der Waals surface area contributed by atoms with E-state index in [4.69, 9.17) is 26.6 Å². The van der Waals surface area contributed by atoms with Crippen molar-refractivity contribution < 1.29 is 0 Å². The van der Waals surface area contributed by atoms with Crippen LogP contribution in [0.2, 0.25) is 5.02 Å². The van der Waals surface area contributed by atoms with E-state index in [9.17, 15) is 0 Å². The topological polar surface area (TPSA) is 38.7 Å². The summed E-state index contributed by atoms with van der Waals surface area (Å²) in [5, 5.41) is 0.709. The molecular weight excluding hydrogens is 426 g/mol. The predicted octanol–water partition coefficient (Wildman–Crippen LogP) is 8.22. The SMILES string of the molecule is CC.Clc1cccc(-c2cccc(-c3nc(-c4ccccc4)nc(-c4ccccc4)n3)c2)c1. The maximum atomic E-state index is 6.20. The maximum absolute atomic E-state index is 6.20. The first-order valence-corrected chi connectivity index (χ1v) is 11.4. The minimum atomic E-state index is 0.636. The number of aromatic nitrogens is 3. The van der Waals surface area contributed by atoms with Crippen LogP contribution in [-0.2, 0) is 0 Å². The van der Waals surface area contributed by atoms with E-state index in [1.807, 2.05) is 111 Å². The van der Waals surface area contributed by atoms with Crippen molar-refractivity contribution in [3.8, 4) is 45.3 Å². The Labute approximate surface area is 199 Å². The molecule has 0 atom stereocenters. The standard InChI is InChI=1S/C27H18ClN3.C2H6/c28-24-16-8-14-22(18-24)21-13-7-15-23(17-21)27-30-25(19-9-3-1-4-10-19)29-26(31-27)20-11-5-2-6-12-20;1-2/h1-18H;1-2H3. The molecule has 3 nitrogen and oxygen atoms in total. The second kappa shape index (κ2) is 10.7. The third-order valence-corrected chi connectivity index (χ3v) is 5.21. The average molecular weight is 450 g/mol. The van der Waals surface area contributed by atoms with Crippen molar-refractivity contribution >= 4 is 11.6 Å². The minimum Gasteiger partial charge on any atom is -0.208 e. The maximum Gasteiger partial charge on any atom is 0.164 e. The van der Waals surface area contributed by atoms with Crippen LogP contribution in [0.25, 0.3) is 45.3 Å². The lowest BCUT2D eigenvalue weighted by Crippen LogP contribution is -2.00. The number of halogens is 1. The van der Waals surface area contributed by atoms with Crippen LogP contribution in [0.4, 0.5) is 0 Å². The first-order chi connectivity index (χ1) is 16.3. The molecule has 1 aromatic heterocycles. The zero-order valence-electron chi connectivity index (χ0n) is 18.6. The lowest BCUT2D eigenvalue weighted by Gasteiger charge is -2.09. The van der Waals surface area contributed by atoms with Gasteiger partial charge in [-0.15, -0.1) is 0 Å². The van der Waals surface area contributed by atoms with Gasteiger partial charge < -0.3 is 0 Å². The normalized spacial score (nSPS) is 10.3. The Kier molecular flexibility index (Phi) is 7.23. The summed E-state index contributed by atoms with van der Waals surface area (Å²) in [5.74, 6) is 1.94. The first kappa shape index (κ1) is 22.4. The molecule has 1 heterocycles. The quantitative estimate of drug-likeness (QED) is 0.277. The molecule has 0 aliphatic heterocycles. The van der Waals surface area contributed by atoms with E-state index < -0.39 is 0 Å². The number of hydrogen-bond acceptors (Lipinski definition) is 3. The molecule has 0 fully saturated rings. The molecule has 162 valence electrons. The van der Waals surface area contributed by atoms with Crippen LogP contribution < -0.4 is 0 Å². The van der Waals surface area contributed by atoms with Gasteiger partial charge in [-0.25, -0.2) is 15.0 Å². The van der Waals surface area contributed by atoms with Gasteiger partial charge in [0.25, 0.3) is 0 Å². The van der Waals surface area contributed by atoms with Crippen molar-refractivity contribution in [3.63, 3.8) is 0 Å². The van der Waals surface area contributed by atoms with Crippen molar-refractivity contribution in [3.05, 3.63) is 114 Å². The smallest absolute Gasteiger partial charge is 0.164 e. The molecule has 0 unspecified atom stereocenters. The summed E-state index contributed by atoms with van der Waals surface area (Å²) in [6.07, 6.45) is 0. The van der Waals surface area contributed by atoms with Crippen molar-refractivity contribution in [1.82, 2.24) is 15.0 Å². The van der Waals surface area contributed by atoms with Crippen molar-refractivity contribution in [1.29, 1.82) is 0 Å². The van der Waals surface area contributed by atoms with Crippen LogP contribution in [0.3, 0.4) is 0 Å². The fourth-order valence-electron chi connectivity index (χ4n) is 3.44.